The van der Waals surface area contributed by atoms with Gasteiger partial charge in [-0.05, 0) is 42.4 Å². The number of nitrogens with one attached hydrogen (secondary N) is 2. The number of hydrogen-bond acceptors (Lipinski definition) is 4. The number of amides is 3. The summed E-state index contributed by atoms with van der Waals surface area (Å²) in [6, 6.07) is 6.58. The quantitative estimate of drug-likeness (QED) is 0.405. The highest BCUT2D eigenvalue weighted by atomic mass is 16.2. The van der Waals surface area contributed by atoms with Gasteiger partial charge in [0.15, 0.2) is 5.78 Å². The molecule has 2 N–H and O–H groups in total. The molecule has 3 rings (SSSR count). The van der Waals surface area contributed by atoms with Crippen LogP contribution in [-0.2, 0) is 9.59 Å². The van der Waals surface area contributed by atoms with Gasteiger partial charge in [0.1, 0.15) is 12.3 Å². The summed E-state index contributed by atoms with van der Waals surface area (Å²) in [4.78, 5) is 53.8. The van der Waals surface area contributed by atoms with Crippen molar-refractivity contribution in [2.45, 2.75) is 91.3 Å². The van der Waals surface area contributed by atoms with Gasteiger partial charge in [0.25, 0.3) is 0 Å². The first-order valence-corrected chi connectivity index (χ1v) is 13.4. The smallest absolute Gasteiger partial charge is 0.316 e. The Morgan fingerprint density at radius 3 is 2.17 bits per heavy atom. The second-order valence-corrected chi connectivity index (χ2v) is 12.0. The Kier molecular flexibility index (Phi) is 9.31. The van der Waals surface area contributed by atoms with E-state index in [2.05, 4.69) is 24.5 Å². The average molecular weight is 498 g/mol. The Hall–Kier alpha value is -2.70. The molecule has 1 saturated heterocycles. The van der Waals surface area contributed by atoms with Crippen molar-refractivity contribution in [3.8, 4) is 0 Å². The normalized spacial score (nSPS) is 22.7. The molecule has 1 aliphatic carbocycles. The van der Waals surface area contributed by atoms with Gasteiger partial charge in [-0.15, -0.1) is 0 Å². The first-order chi connectivity index (χ1) is 17.0. The molecule has 0 radical (unpaired) electrons. The molecule has 0 bridgehead atoms. The number of benzene rings is 1. The predicted octanol–water partition coefficient (Wildman–Crippen LogP) is 4.60. The Bertz CT molecular complexity index is 918. The lowest BCUT2D eigenvalue weighted by molar-refractivity contribution is -0.138. The van der Waals surface area contributed by atoms with Crippen LogP contribution in [0, 0.1) is 23.2 Å². The van der Waals surface area contributed by atoms with Crippen molar-refractivity contribution < 1.29 is 19.2 Å². The number of likely N-dealkylation sites (tertiary alicyclic amines) is 1. The molecule has 0 spiro atoms. The van der Waals surface area contributed by atoms with E-state index in [9.17, 15) is 19.2 Å². The lowest BCUT2D eigenvalue weighted by Crippen LogP contribution is -2.60. The van der Waals surface area contributed by atoms with E-state index in [4.69, 9.17) is 0 Å². The third kappa shape index (κ3) is 6.74. The summed E-state index contributed by atoms with van der Waals surface area (Å²) < 4.78 is 0. The van der Waals surface area contributed by atoms with Gasteiger partial charge in [-0.25, -0.2) is 4.79 Å². The molecule has 1 aromatic rings. The maximum atomic E-state index is 13.7. The van der Waals surface area contributed by atoms with Crippen molar-refractivity contribution in [2.75, 3.05) is 6.54 Å². The van der Waals surface area contributed by atoms with Crippen molar-refractivity contribution >= 4 is 24.0 Å². The van der Waals surface area contributed by atoms with Gasteiger partial charge in [-0.2, -0.15) is 0 Å². The summed E-state index contributed by atoms with van der Waals surface area (Å²) in [5, 5.41) is 5.83. The Morgan fingerprint density at radius 1 is 0.972 bits per heavy atom. The second-order valence-electron chi connectivity index (χ2n) is 12.0. The van der Waals surface area contributed by atoms with Gasteiger partial charge >= 0.3 is 6.03 Å². The molecule has 36 heavy (non-hydrogen) atoms. The Morgan fingerprint density at radius 2 is 1.61 bits per heavy atom. The maximum absolute atomic E-state index is 13.7. The molecule has 7 nitrogen and oxygen atoms in total. The highest BCUT2D eigenvalue weighted by Gasteiger charge is 2.43. The van der Waals surface area contributed by atoms with Crippen molar-refractivity contribution in [3.05, 3.63) is 35.9 Å². The fourth-order valence-electron chi connectivity index (χ4n) is 5.54. The van der Waals surface area contributed by atoms with Gasteiger partial charge in [0, 0.05) is 12.1 Å². The van der Waals surface area contributed by atoms with E-state index in [1.807, 2.05) is 39.0 Å². The zero-order chi connectivity index (χ0) is 26.5. The monoisotopic (exact) mass is 497 g/mol. The van der Waals surface area contributed by atoms with Gasteiger partial charge in [-0.3, -0.25) is 9.59 Å². The van der Waals surface area contributed by atoms with E-state index in [0.717, 1.165) is 38.4 Å². The van der Waals surface area contributed by atoms with Crippen LogP contribution in [0.2, 0.25) is 0 Å². The lowest BCUT2D eigenvalue weighted by atomic mass is 9.81. The lowest BCUT2D eigenvalue weighted by Gasteiger charge is -2.36. The molecule has 3 amide bonds. The fourth-order valence-corrected chi connectivity index (χ4v) is 5.54. The van der Waals surface area contributed by atoms with Crippen LogP contribution in [0.25, 0.3) is 0 Å². The van der Waals surface area contributed by atoms with E-state index in [-0.39, 0.29) is 23.5 Å². The SMILES string of the molecule is CC(C)C1CC(C=O)N(C(=O)C(NC(=O)NC(C(=O)c2ccccc2)C2CCCCC2)C(C)(C)C)C1. The largest absolute Gasteiger partial charge is 0.331 e. The van der Waals surface area contributed by atoms with Crippen LogP contribution in [0.5, 0.6) is 0 Å². The molecule has 1 aliphatic heterocycles. The first-order valence-electron chi connectivity index (χ1n) is 13.4. The summed E-state index contributed by atoms with van der Waals surface area (Å²) in [6.07, 6.45) is 6.47. The highest BCUT2D eigenvalue weighted by molar-refractivity contribution is 6.02. The summed E-state index contributed by atoms with van der Waals surface area (Å²) in [5.41, 5.74) is -0.0101. The second kappa shape index (κ2) is 12.0. The van der Waals surface area contributed by atoms with Crippen LogP contribution in [0.3, 0.4) is 0 Å². The number of ketones is 1. The maximum Gasteiger partial charge on any atom is 0.316 e. The summed E-state index contributed by atoms with van der Waals surface area (Å²) in [6.45, 7) is 10.4. The number of carbonyl (C=O) groups excluding carboxylic acids is 4. The van der Waals surface area contributed by atoms with Gasteiger partial charge in [0.05, 0.1) is 12.1 Å². The molecule has 4 unspecified atom stereocenters. The highest BCUT2D eigenvalue weighted by Crippen LogP contribution is 2.31. The number of Topliss-reactive ketones (excluding diaryl/α,β-unsaturated/α-hetero) is 1. The number of nitrogens with zero attached hydrogens (tertiary/aromatic N) is 1. The third-order valence-electron chi connectivity index (χ3n) is 7.90. The van der Waals surface area contributed by atoms with Crippen molar-refractivity contribution in [2.24, 2.45) is 23.2 Å². The zero-order valence-electron chi connectivity index (χ0n) is 22.5. The minimum atomic E-state index is -0.829. The molecule has 198 valence electrons. The van der Waals surface area contributed by atoms with Crippen LogP contribution >= 0.6 is 0 Å². The zero-order valence-corrected chi connectivity index (χ0v) is 22.5. The molecule has 7 heteroatoms. The van der Waals surface area contributed by atoms with E-state index in [0.29, 0.717) is 24.4 Å². The summed E-state index contributed by atoms with van der Waals surface area (Å²) in [7, 11) is 0. The van der Waals surface area contributed by atoms with Gasteiger partial charge in [0.2, 0.25) is 5.91 Å². The molecular weight excluding hydrogens is 454 g/mol. The van der Waals surface area contributed by atoms with Crippen LogP contribution < -0.4 is 10.6 Å². The summed E-state index contributed by atoms with van der Waals surface area (Å²) in [5.74, 6) is 0.316. The van der Waals surface area contributed by atoms with Crippen molar-refractivity contribution in [1.82, 2.24) is 15.5 Å². The number of carbonyl (C=O) groups is 4. The Balaban J connectivity index is 1.78. The molecule has 0 aromatic heterocycles. The Labute approximate surface area is 215 Å². The van der Waals surface area contributed by atoms with Gasteiger partial charge < -0.3 is 20.3 Å². The molecule has 2 aliphatic rings. The van der Waals surface area contributed by atoms with E-state index in [1.165, 1.54) is 0 Å². The molecule has 4 atom stereocenters. The van der Waals surface area contributed by atoms with Crippen LogP contribution in [-0.4, -0.2) is 53.6 Å². The molecule has 1 saturated carbocycles. The van der Waals surface area contributed by atoms with E-state index in [1.54, 1.807) is 17.0 Å². The molecule has 1 aromatic carbocycles. The van der Waals surface area contributed by atoms with E-state index >= 15 is 0 Å². The number of hydrogen-bond donors (Lipinski definition) is 2. The minimum absolute atomic E-state index is 0.0609. The van der Waals surface area contributed by atoms with Crippen molar-refractivity contribution in [3.63, 3.8) is 0 Å². The van der Waals surface area contributed by atoms with Gasteiger partial charge in [-0.1, -0.05) is 84.2 Å². The number of rotatable bonds is 8. The van der Waals surface area contributed by atoms with Crippen LogP contribution in [0.1, 0.15) is 83.5 Å². The third-order valence-corrected chi connectivity index (χ3v) is 7.90. The average Bonchev–Trinajstić information content (AvgIpc) is 3.30. The number of aldehydes is 1. The van der Waals surface area contributed by atoms with Crippen LogP contribution in [0.4, 0.5) is 4.79 Å². The topological polar surface area (TPSA) is 95.6 Å². The van der Waals surface area contributed by atoms with E-state index < -0.39 is 29.6 Å². The predicted molar refractivity (Wildman–Crippen MR) is 141 cm³/mol. The van der Waals surface area contributed by atoms with Crippen molar-refractivity contribution in [1.29, 1.82) is 0 Å². The number of urea groups is 1. The minimum Gasteiger partial charge on any atom is -0.331 e. The fraction of sp³-hybridized carbons (Fsp3) is 0.655. The standard InChI is InChI=1S/C29H43N3O4/c1-19(2)22-16-23(18-33)32(17-22)27(35)26(29(3,4)5)31-28(36)30-24(20-12-8-6-9-13-20)25(34)21-14-10-7-11-15-21/h7,10-11,14-15,18-20,22-24,26H,6,8-9,12-13,16-17H2,1-5H3,(H2,30,31,36). The first kappa shape index (κ1) is 27.9. The molecular formula is C29H43N3O4. The molecule has 1 heterocycles. The summed E-state index contributed by atoms with van der Waals surface area (Å²) >= 11 is 0. The molecule has 2 fully saturated rings. The van der Waals surface area contributed by atoms with Crippen LogP contribution in [0.15, 0.2) is 30.3 Å².